The molecule has 1 unspecified atom stereocenters. The topological polar surface area (TPSA) is 45.2 Å². The largest absolute Gasteiger partial charge is 0.494 e. The molecule has 3 rings (SSSR count). The maximum atomic E-state index is 9.62. The molecule has 1 aliphatic rings. The summed E-state index contributed by atoms with van der Waals surface area (Å²) in [6.45, 7) is 11.8. The van der Waals surface area contributed by atoms with Crippen molar-refractivity contribution in [3.8, 4) is 11.5 Å². The van der Waals surface area contributed by atoms with Crippen LogP contribution < -0.4 is 9.47 Å². The second-order valence-electron chi connectivity index (χ2n) is 7.66. The maximum Gasteiger partial charge on any atom is 0.124 e. The number of para-hydroxylation sites is 1. The van der Waals surface area contributed by atoms with Crippen LogP contribution in [0, 0.1) is 0 Å². The van der Waals surface area contributed by atoms with E-state index in [9.17, 15) is 5.11 Å². The highest BCUT2D eigenvalue weighted by Crippen LogP contribution is 2.23. The first-order valence-electron chi connectivity index (χ1n) is 10.8. The first-order valence-corrected chi connectivity index (χ1v) is 10.8. The quantitative estimate of drug-likeness (QED) is 0.572. The van der Waals surface area contributed by atoms with Gasteiger partial charge in [0.05, 0.1) is 6.61 Å². The molecule has 1 atom stereocenters. The Morgan fingerprint density at radius 2 is 1.87 bits per heavy atom. The molecule has 0 spiro atoms. The molecule has 30 heavy (non-hydrogen) atoms. The molecule has 2 aromatic rings. The van der Waals surface area contributed by atoms with Crippen LogP contribution in [0.4, 0.5) is 0 Å². The van der Waals surface area contributed by atoms with Crippen molar-refractivity contribution >= 4 is 0 Å². The summed E-state index contributed by atoms with van der Waals surface area (Å²) in [4.78, 5) is 4.95. The van der Waals surface area contributed by atoms with Crippen LogP contribution in [0.5, 0.6) is 11.5 Å². The number of aliphatic hydroxyl groups excluding tert-OH is 1. The fraction of sp³-hybridized carbons (Fsp3) is 0.440. The predicted octanol–water partition coefficient (Wildman–Crippen LogP) is 3.72. The Bertz CT molecular complexity index is 778. The van der Waals surface area contributed by atoms with Crippen LogP contribution in [0.25, 0.3) is 0 Å². The molecule has 0 amide bonds. The lowest BCUT2D eigenvalue weighted by Crippen LogP contribution is -2.52. The SMILES string of the molecule is C=CCOc1ccccc1CN1CCN(Cc2ccc(OCC)cc2)C(CCO)C1. The van der Waals surface area contributed by atoms with Crippen molar-refractivity contribution in [3.05, 3.63) is 72.3 Å². The molecule has 5 nitrogen and oxygen atoms in total. The second kappa shape index (κ2) is 11.7. The summed E-state index contributed by atoms with van der Waals surface area (Å²) >= 11 is 0. The number of nitrogens with zero attached hydrogens (tertiary/aromatic N) is 2. The van der Waals surface area contributed by atoms with Gasteiger partial charge in [-0.25, -0.2) is 0 Å². The van der Waals surface area contributed by atoms with E-state index in [1.165, 1.54) is 11.1 Å². The van der Waals surface area contributed by atoms with Crippen molar-refractivity contribution in [2.75, 3.05) is 39.5 Å². The van der Waals surface area contributed by atoms with E-state index in [0.717, 1.165) is 50.6 Å². The van der Waals surface area contributed by atoms with Gasteiger partial charge in [0.1, 0.15) is 18.1 Å². The summed E-state index contributed by atoms with van der Waals surface area (Å²) in [6.07, 6.45) is 2.55. The van der Waals surface area contributed by atoms with Gasteiger partial charge in [-0.2, -0.15) is 0 Å². The van der Waals surface area contributed by atoms with Gasteiger partial charge in [0.15, 0.2) is 0 Å². The molecule has 0 aromatic heterocycles. The van der Waals surface area contributed by atoms with Gasteiger partial charge in [-0.15, -0.1) is 0 Å². The third-order valence-electron chi connectivity index (χ3n) is 5.49. The van der Waals surface area contributed by atoms with Gasteiger partial charge in [-0.3, -0.25) is 9.80 Å². The zero-order chi connectivity index (χ0) is 21.2. The van der Waals surface area contributed by atoms with E-state index in [1.54, 1.807) is 6.08 Å². The number of hydrogen-bond donors (Lipinski definition) is 1. The fourth-order valence-electron chi connectivity index (χ4n) is 3.99. The number of hydrogen-bond acceptors (Lipinski definition) is 5. The lowest BCUT2D eigenvalue weighted by molar-refractivity contribution is 0.0496. The highest BCUT2D eigenvalue weighted by Gasteiger charge is 2.27. The molecular weight excluding hydrogens is 376 g/mol. The average Bonchev–Trinajstić information content (AvgIpc) is 2.76. The van der Waals surface area contributed by atoms with Gasteiger partial charge < -0.3 is 14.6 Å². The van der Waals surface area contributed by atoms with Crippen LogP contribution >= 0.6 is 0 Å². The maximum absolute atomic E-state index is 9.62. The Labute approximate surface area is 180 Å². The van der Waals surface area contributed by atoms with Crippen LogP contribution in [-0.2, 0) is 13.1 Å². The molecular formula is C25H34N2O3. The van der Waals surface area contributed by atoms with E-state index in [-0.39, 0.29) is 6.61 Å². The van der Waals surface area contributed by atoms with Gasteiger partial charge >= 0.3 is 0 Å². The minimum atomic E-state index is 0.206. The van der Waals surface area contributed by atoms with Crippen molar-refractivity contribution in [1.29, 1.82) is 0 Å². The number of aliphatic hydroxyl groups is 1. The third-order valence-corrected chi connectivity index (χ3v) is 5.49. The van der Waals surface area contributed by atoms with E-state index in [4.69, 9.17) is 9.47 Å². The summed E-state index contributed by atoms with van der Waals surface area (Å²) < 4.78 is 11.4. The van der Waals surface area contributed by atoms with Crippen molar-refractivity contribution in [1.82, 2.24) is 9.80 Å². The molecule has 1 saturated heterocycles. The molecule has 1 aliphatic heterocycles. The van der Waals surface area contributed by atoms with Gasteiger partial charge in [-0.05, 0) is 37.1 Å². The minimum absolute atomic E-state index is 0.206. The molecule has 2 aromatic carbocycles. The van der Waals surface area contributed by atoms with E-state index >= 15 is 0 Å². The fourth-order valence-corrected chi connectivity index (χ4v) is 3.99. The highest BCUT2D eigenvalue weighted by molar-refractivity contribution is 5.33. The van der Waals surface area contributed by atoms with Crippen LogP contribution in [0.2, 0.25) is 0 Å². The normalized spacial score (nSPS) is 17.6. The summed E-state index contributed by atoms with van der Waals surface area (Å²) in [6, 6.07) is 16.9. The van der Waals surface area contributed by atoms with Crippen LogP contribution in [-0.4, -0.2) is 60.4 Å². The second-order valence-corrected chi connectivity index (χ2v) is 7.66. The first-order chi connectivity index (χ1) is 14.7. The standard InChI is InChI=1S/C25H34N2O3/c1-3-17-30-25-8-6-5-7-22(25)19-26-14-15-27(23(20-26)13-16-28)18-21-9-11-24(12-10-21)29-4-2/h3,5-12,23,28H,1,4,13-20H2,2H3. The highest BCUT2D eigenvalue weighted by atomic mass is 16.5. The number of piperazine rings is 1. The van der Waals surface area contributed by atoms with E-state index < -0.39 is 0 Å². The van der Waals surface area contributed by atoms with Gasteiger partial charge in [0.25, 0.3) is 0 Å². The van der Waals surface area contributed by atoms with Gasteiger partial charge in [-0.1, -0.05) is 43.0 Å². The van der Waals surface area contributed by atoms with E-state index in [2.05, 4.69) is 40.6 Å². The predicted molar refractivity (Wildman–Crippen MR) is 121 cm³/mol. The van der Waals surface area contributed by atoms with Gasteiger partial charge in [0, 0.05) is 50.9 Å². The summed E-state index contributed by atoms with van der Waals surface area (Å²) in [5, 5.41) is 9.62. The molecule has 0 bridgehead atoms. The number of benzene rings is 2. The minimum Gasteiger partial charge on any atom is -0.494 e. The Balaban J connectivity index is 1.61. The van der Waals surface area contributed by atoms with Crippen molar-refractivity contribution in [2.45, 2.75) is 32.5 Å². The smallest absolute Gasteiger partial charge is 0.124 e. The zero-order valence-electron chi connectivity index (χ0n) is 18.0. The monoisotopic (exact) mass is 410 g/mol. The van der Waals surface area contributed by atoms with Crippen molar-refractivity contribution in [3.63, 3.8) is 0 Å². The van der Waals surface area contributed by atoms with Crippen molar-refractivity contribution in [2.24, 2.45) is 0 Å². The Morgan fingerprint density at radius 3 is 2.60 bits per heavy atom. The Hall–Kier alpha value is -2.34. The molecule has 5 heteroatoms. The zero-order valence-corrected chi connectivity index (χ0v) is 18.0. The molecule has 1 fully saturated rings. The Kier molecular flexibility index (Phi) is 8.75. The molecule has 0 saturated carbocycles. The number of ether oxygens (including phenoxy) is 2. The summed E-state index contributed by atoms with van der Waals surface area (Å²) in [5.74, 6) is 1.84. The molecule has 0 radical (unpaired) electrons. The summed E-state index contributed by atoms with van der Waals surface area (Å²) in [7, 11) is 0. The summed E-state index contributed by atoms with van der Waals surface area (Å²) in [5.41, 5.74) is 2.47. The molecule has 1 N–H and O–H groups in total. The van der Waals surface area contributed by atoms with Gasteiger partial charge in [0.2, 0.25) is 0 Å². The van der Waals surface area contributed by atoms with Crippen LogP contribution in [0.15, 0.2) is 61.2 Å². The Morgan fingerprint density at radius 1 is 1.07 bits per heavy atom. The first kappa shape index (κ1) is 22.3. The molecule has 162 valence electrons. The average molecular weight is 411 g/mol. The van der Waals surface area contributed by atoms with E-state index in [1.807, 2.05) is 31.2 Å². The van der Waals surface area contributed by atoms with E-state index in [0.29, 0.717) is 19.3 Å². The molecule has 0 aliphatic carbocycles. The third kappa shape index (κ3) is 6.33. The molecule has 1 heterocycles. The van der Waals surface area contributed by atoms with Crippen molar-refractivity contribution < 1.29 is 14.6 Å². The lowest BCUT2D eigenvalue weighted by atomic mass is 10.1. The lowest BCUT2D eigenvalue weighted by Gasteiger charge is -2.41. The van der Waals surface area contributed by atoms with Crippen LogP contribution in [0.3, 0.4) is 0 Å². The van der Waals surface area contributed by atoms with Crippen LogP contribution in [0.1, 0.15) is 24.5 Å². The number of rotatable bonds is 11.